The predicted octanol–water partition coefficient (Wildman–Crippen LogP) is 4.64. The number of carbonyl (C=O) groups excluding carboxylic acids is 2. The quantitative estimate of drug-likeness (QED) is 0.338. The minimum Gasteiger partial charge on any atom is -0.486 e. The van der Waals surface area contributed by atoms with Crippen LogP contribution < -0.4 is 10.1 Å². The summed E-state index contributed by atoms with van der Waals surface area (Å²) >= 11 is 2.79. The van der Waals surface area contributed by atoms with Gasteiger partial charge in [-0.15, -0.1) is 21.5 Å². The summed E-state index contributed by atoms with van der Waals surface area (Å²) in [5.41, 5.74) is 2.70. The summed E-state index contributed by atoms with van der Waals surface area (Å²) in [5, 5.41) is 12.7. The Hall–Kier alpha value is -2.85. The topological polar surface area (TPSA) is 95.3 Å². The maximum Gasteiger partial charge on any atom is 0.341 e. The molecule has 1 aliphatic carbocycles. The van der Waals surface area contributed by atoms with Crippen molar-refractivity contribution < 1.29 is 19.1 Å². The first-order chi connectivity index (χ1) is 16.5. The number of esters is 1. The number of ether oxygens (including phenoxy) is 2. The van der Waals surface area contributed by atoms with Crippen molar-refractivity contribution in [3.63, 3.8) is 0 Å². The molecule has 1 amide bonds. The predicted molar refractivity (Wildman–Crippen MR) is 133 cm³/mol. The van der Waals surface area contributed by atoms with E-state index >= 15 is 0 Å². The summed E-state index contributed by atoms with van der Waals surface area (Å²) < 4.78 is 12.8. The molecule has 0 aliphatic heterocycles. The molecule has 1 aromatic carbocycles. The first-order valence-corrected chi connectivity index (χ1v) is 13.1. The minimum absolute atomic E-state index is 0.153. The van der Waals surface area contributed by atoms with Gasteiger partial charge in [0.15, 0.2) is 11.0 Å². The zero-order chi connectivity index (χ0) is 24.1. The molecule has 0 radical (unpaired) electrons. The van der Waals surface area contributed by atoms with E-state index in [1.165, 1.54) is 40.6 Å². The van der Waals surface area contributed by atoms with Gasteiger partial charge in [-0.3, -0.25) is 4.79 Å². The normalized spacial score (nSPS) is 12.8. The number of hydrogen-bond donors (Lipinski definition) is 1. The molecule has 2 heterocycles. The number of hydrogen-bond acceptors (Lipinski definition) is 8. The number of nitrogens with zero attached hydrogens (tertiary/aromatic N) is 3. The van der Waals surface area contributed by atoms with Gasteiger partial charge in [0.05, 0.1) is 18.4 Å². The number of methoxy groups -OCH3 is 1. The molecule has 0 spiro atoms. The average Bonchev–Trinajstić information content (AvgIpc) is 3.42. The Balaban J connectivity index is 1.39. The molecule has 3 aromatic rings. The lowest BCUT2D eigenvalue weighted by atomic mass is 9.95. The van der Waals surface area contributed by atoms with Gasteiger partial charge < -0.3 is 19.4 Å². The standard InChI is InChI=1S/C24H28N4O4S2/c1-4-28-19(13-32-16-11-9-15(2)10-12-16)26-27-24(28)33-14-20(29)25-22-21(23(30)31-3)17-7-5-6-8-18(17)34-22/h9-12H,4-8,13-14H2,1-3H3,(H,25,29). The second kappa shape index (κ2) is 11.1. The van der Waals surface area contributed by atoms with E-state index in [1.54, 1.807) is 0 Å². The first kappa shape index (κ1) is 24.3. The van der Waals surface area contributed by atoms with E-state index in [0.29, 0.717) is 34.7 Å². The maximum absolute atomic E-state index is 12.7. The van der Waals surface area contributed by atoms with E-state index in [0.717, 1.165) is 37.0 Å². The van der Waals surface area contributed by atoms with E-state index < -0.39 is 5.97 Å². The Labute approximate surface area is 207 Å². The summed E-state index contributed by atoms with van der Waals surface area (Å²) in [6.45, 7) is 4.98. The van der Waals surface area contributed by atoms with Crippen LogP contribution in [0.25, 0.3) is 0 Å². The Morgan fingerprint density at radius 3 is 2.68 bits per heavy atom. The molecule has 4 rings (SSSR count). The molecule has 34 heavy (non-hydrogen) atoms. The second-order valence-corrected chi connectivity index (χ2v) is 10.0. The molecule has 2 aromatic heterocycles. The third-order valence-electron chi connectivity index (χ3n) is 5.64. The number of benzene rings is 1. The smallest absolute Gasteiger partial charge is 0.341 e. The molecule has 180 valence electrons. The number of carbonyl (C=O) groups is 2. The number of aryl methyl sites for hydroxylation is 2. The summed E-state index contributed by atoms with van der Waals surface area (Å²) in [5.74, 6) is 1.03. The third kappa shape index (κ3) is 5.44. The summed E-state index contributed by atoms with van der Waals surface area (Å²) in [6, 6.07) is 7.84. The zero-order valence-corrected chi connectivity index (χ0v) is 21.2. The molecule has 1 aliphatic rings. The van der Waals surface area contributed by atoms with Gasteiger partial charge in [0.2, 0.25) is 5.91 Å². The van der Waals surface area contributed by atoms with Crippen LogP contribution in [-0.2, 0) is 35.5 Å². The third-order valence-corrected chi connectivity index (χ3v) is 7.82. The van der Waals surface area contributed by atoms with Gasteiger partial charge in [-0.2, -0.15) is 0 Å². The van der Waals surface area contributed by atoms with Gasteiger partial charge in [0.1, 0.15) is 17.4 Å². The van der Waals surface area contributed by atoms with E-state index in [2.05, 4.69) is 15.5 Å². The number of thiophene rings is 1. The van der Waals surface area contributed by atoms with Crippen LogP contribution in [0.2, 0.25) is 0 Å². The summed E-state index contributed by atoms with van der Waals surface area (Å²) in [4.78, 5) is 26.3. The minimum atomic E-state index is -0.397. The van der Waals surface area contributed by atoms with Crippen LogP contribution in [0.3, 0.4) is 0 Å². The van der Waals surface area contributed by atoms with Crippen molar-refractivity contribution in [3.05, 3.63) is 51.7 Å². The van der Waals surface area contributed by atoms with Gasteiger partial charge in [-0.1, -0.05) is 29.5 Å². The van der Waals surface area contributed by atoms with Crippen LogP contribution in [0.1, 0.15) is 52.0 Å². The summed E-state index contributed by atoms with van der Waals surface area (Å²) in [7, 11) is 1.37. The van der Waals surface area contributed by atoms with Crippen molar-refractivity contribution in [1.29, 1.82) is 0 Å². The van der Waals surface area contributed by atoms with Crippen molar-refractivity contribution in [2.45, 2.75) is 57.8 Å². The number of fused-ring (bicyclic) bond motifs is 1. The van der Waals surface area contributed by atoms with Crippen molar-refractivity contribution in [3.8, 4) is 5.75 Å². The number of rotatable bonds is 9. The highest BCUT2D eigenvalue weighted by Gasteiger charge is 2.27. The molecule has 0 saturated carbocycles. The Morgan fingerprint density at radius 2 is 1.94 bits per heavy atom. The monoisotopic (exact) mass is 500 g/mol. The molecule has 10 heteroatoms. The number of thioether (sulfide) groups is 1. The number of amides is 1. The van der Waals surface area contributed by atoms with Crippen molar-refractivity contribution >= 4 is 40.0 Å². The van der Waals surface area contributed by atoms with E-state index in [1.807, 2.05) is 42.7 Å². The lowest BCUT2D eigenvalue weighted by molar-refractivity contribution is -0.113. The molecule has 0 saturated heterocycles. The number of aromatic nitrogens is 3. The van der Waals surface area contributed by atoms with Crippen molar-refractivity contribution in [1.82, 2.24) is 14.8 Å². The van der Waals surface area contributed by atoms with Gasteiger partial charge in [0.25, 0.3) is 0 Å². The highest BCUT2D eigenvalue weighted by atomic mass is 32.2. The fraction of sp³-hybridized carbons (Fsp3) is 0.417. The lowest BCUT2D eigenvalue weighted by Gasteiger charge is -2.11. The second-order valence-electron chi connectivity index (χ2n) is 7.99. The number of anilines is 1. The molecule has 0 unspecified atom stereocenters. The Bertz CT molecular complexity index is 1170. The largest absolute Gasteiger partial charge is 0.486 e. The Morgan fingerprint density at radius 1 is 1.18 bits per heavy atom. The van der Waals surface area contributed by atoms with Crippen molar-refractivity contribution in [2.24, 2.45) is 0 Å². The van der Waals surface area contributed by atoms with E-state index in [-0.39, 0.29) is 11.7 Å². The van der Waals surface area contributed by atoms with Crippen molar-refractivity contribution in [2.75, 3.05) is 18.2 Å². The van der Waals surface area contributed by atoms with Crippen LogP contribution in [0.4, 0.5) is 5.00 Å². The van der Waals surface area contributed by atoms with Gasteiger partial charge in [-0.25, -0.2) is 4.79 Å². The molecule has 0 atom stereocenters. The maximum atomic E-state index is 12.7. The van der Waals surface area contributed by atoms with Crippen LogP contribution >= 0.6 is 23.1 Å². The highest BCUT2D eigenvalue weighted by molar-refractivity contribution is 7.99. The fourth-order valence-corrected chi connectivity index (χ4v) is 6.01. The van der Waals surface area contributed by atoms with Gasteiger partial charge in [-0.05, 0) is 57.2 Å². The van der Waals surface area contributed by atoms with Crippen LogP contribution in [0.5, 0.6) is 5.75 Å². The number of nitrogens with one attached hydrogen (secondary N) is 1. The van der Waals surface area contributed by atoms with Crippen LogP contribution in [-0.4, -0.2) is 39.5 Å². The molecule has 0 fully saturated rings. The summed E-state index contributed by atoms with van der Waals surface area (Å²) in [6.07, 6.45) is 3.91. The lowest BCUT2D eigenvalue weighted by Crippen LogP contribution is -2.17. The molecular formula is C24H28N4O4S2. The zero-order valence-electron chi connectivity index (χ0n) is 19.6. The van der Waals surface area contributed by atoms with E-state index in [9.17, 15) is 9.59 Å². The Kier molecular flexibility index (Phi) is 7.89. The first-order valence-electron chi connectivity index (χ1n) is 11.3. The van der Waals surface area contributed by atoms with Crippen LogP contribution in [0, 0.1) is 6.92 Å². The SMILES string of the molecule is CCn1c(COc2ccc(C)cc2)nnc1SCC(=O)Nc1sc2c(c1C(=O)OC)CCCC2. The molecule has 8 nitrogen and oxygen atoms in total. The van der Waals surface area contributed by atoms with Gasteiger partial charge >= 0.3 is 5.97 Å². The fourth-order valence-electron chi connectivity index (χ4n) is 3.90. The average molecular weight is 501 g/mol. The van der Waals surface area contributed by atoms with E-state index in [4.69, 9.17) is 9.47 Å². The van der Waals surface area contributed by atoms with Gasteiger partial charge in [0, 0.05) is 11.4 Å². The molecule has 1 N–H and O–H groups in total. The molecule has 0 bridgehead atoms. The molecular weight excluding hydrogens is 472 g/mol. The highest BCUT2D eigenvalue weighted by Crippen LogP contribution is 2.38. The van der Waals surface area contributed by atoms with Crippen LogP contribution in [0.15, 0.2) is 29.4 Å².